The van der Waals surface area contributed by atoms with Gasteiger partial charge >= 0.3 is 0 Å². The van der Waals surface area contributed by atoms with Crippen LogP contribution in [0.5, 0.6) is 0 Å². The summed E-state index contributed by atoms with van der Waals surface area (Å²) in [5.74, 6) is 0. The Balaban J connectivity index is 2.24. The Morgan fingerprint density at radius 2 is 2.50 bits per heavy atom. The van der Waals surface area contributed by atoms with E-state index in [1.807, 2.05) is 25.3 Å². The standard InChI is InChI=1S/C10H14N2/c1-2-3-6-11-8-10-5-4-7-12-9-10/h2-5,7,9,11H,6,8H2,1H3. The van der Waals surface area contributed by atoms with Crippen LogP contribution in [-0.4, -0.2) is 11.5 Å². The molecule has 0 spiro atoms. The van der Waals surface area contributed by atoms with Crippen LogP contribution in [0.15, 0.2) is 36.7 Å². The maximum Gasteiger partial charge on any atom is 0.0312 e. The number of pyridine rings is 1. The predicted molar refractivity (Wildman–Crippen MR) is 50.8 cm³/mol. The molecule has 12 heavy (non-hydrogen) atoms. The van der Waals surface area contributed by atoms with Crippen LogP contribution in [-0.2, 0) is 6.54 Å². The van der Waals surface area contributed by atoms with E-state index in [1.54, 1.807) is 6.20 Å². The summed E-state index contributed by atoms with van der Waals surface area (Å²) in [6, 6.07) is 4.02. The van der Waals surface area contributed by atoms with Crippen molar-refractivity contribution < 1.29 is 0 Å². The Morgan fingerprint density at radius 1 is 1.58 bits per heavy atom. The SMILES string of the molecule is CC=CCNCc1cccnc1. The molecular weight excluding hydrogens is 148 g/mol. The number of nitrogens with one attached hydrogen (secondary N) is 1. The molecule has 1 aromatic rings. The van der Waals surface area contributed by atoms with E-state index in [-0.39, 0.29) is 0 Å². The quantitative estimate of drug-likeness (QED) is 0.539. The van der Waals surface area contributed by atoms with Crippen molar-refractivity contribution in [2.45, 2.75) is 13.5 Å². The van der Waals surface area contributed by atoms with E-state index in [0.29, 0.717) is 0 Å². The molecule has 2 heteroatoms. The minimum absolute atomic E-state index is 0.887. The molecule has 0 amide bonds. The summed E-state index contributed by atoms with van der Waals surface area (Å²) in [4.78, 5) is 4.03. The van der Waals surface area contributed by atoms with Crippen LogP contribution in [0.25, 0.3) is 0 Å². The van der Waals surface area contributed by atoms with Crippen molar-refractivity contribution >= 4 is 0 Å². The lowest BCUT2D eigenvalue weighted by atomic mass is 10.3. The Labute approximate surface area is 73.3 Å². The van der Waals surface area contributed by atoms with Gasteiger partial charge in [0.25, 0.3) is 0 Å². The zero-order chi connectivity index (χ0) is 8.65. The van der Waals surface area contributed by atoms with Crippen LogP contribution in [0.3, 0.4) is 0 Å². The van der Waals surface area contributed by atoms with Crippen LogP contribution in [0.2, 0.25) is 0 Å². The van der Waals surface area contributed by atoms with Gasteiger partial charge in [-0.2, -0.15) is 0 Å². The largest absolute Gasteiger partial charge is 0.309 e. The van der Waals surface area contributed by atoms with Gasteiger partial charge in [0.15, 0.2) is 0 Å². The van der Waals surface area contributed by atoms with Gasteiger partial charge in [0.2, 0.25) is 0 Å². The van der Waals surface area contributed by atoms with E-state index in [1.165, 1.54) is 5.56 Å². The first kappa shape index (κ1) is 8.94. The molecule has 0 bridgehead atoms. The molecule has 1 aromatic heterocycles. The molecule has 1 heterocycles. The van der Waals surface area contributed by atoms with Gasteiger partial charge in [-0.05, 0) is 18.6 Å². The van der Waals surface area contributed by atoms with Gasteiger partial charge in [0.05, 0.1) is 0 Å². The highest BCUT2D eigenvalue weighted by Gasteiger charge is 1.87. The van der Waals surface area contributed by atoms with Crippen molar-refractivity contribution in [1.82, 2.24) is 10.3 Å². The van der Waals surface area contributed by atoms with Crippen LogP contribution in [0.4, 0.5) is 0 Å². The molecule has 0 saturated carbocycles. The maximum absolute atomic E-state index is 4.03. The lowest BCUT2D eigenvalue weighted by molar-refractivity contribution is 0.756. The predicted octanol–water partition coefficient (Wildman–Crippen LogP) is 1.75. The average molecular weight is 162 g/mol. The second-order valence-corrected chi connectivity index (χ2v) is 2.56. The Hall–Kier alpha value is -1.15. The molecule has 2 nitrogen and oxygen atoms in total. The fourth-order valence-corrected chi connectivity index (χ4v) is 0.920. The first-order valence-electron chi connectivity index (χ1n) is 4.14. The second-order valence-electron chi connectivity index (χ2n) is 2.56. The van der Waals surface area contributed by atoms with E-state index in [4.69, 9.17) is 0 Å². The summed E-state index contributed by atoms with van der Waals surface area (Å²) in [5.41, 5.74) is 1.22. The minimum Gasteiger partial charge on any atom is -0.309 e. The topological polar surface area (TPSA) is 24.9 Å². The summed E-state index contributed by atoms with van der Waals surface area (Å²) in [6.45, 7) is 3.83. The highest BCUT2D eigenvalue weighted by atomic mass is 14.8. The van der Waals surface area contributed by atoms with E-state index in [2.05, 4.69) is 22.4 Å². The molecule has 0 aliphatic rings. The smallest absolute Gasteiger partial charge is 0.0312 e. The maximum atomic E-state index is 4.03. The first-order chi connectivity index (χ1) is 5.93. The van der Waals surface area contributed by atoms with Crippen LogP contribution in [0.1, 0.15) is 12.5 Å². The summed E-state index contributed by atoms with van der Waals surface area (Å²) in [7, 11) is 0. The number of aromatic nitrogens is 1. The third kappa shape index (κ3) is 3.30. The Kier molecular flexibility index (Phi) is 4.09. The zero-order valence-electron chi connectivity index (χ0n) is 7.33. The molecule has 0 aromatic carbocycles. The molecule has 0 fully saturated rings. The van der Waals surface area contributed by atoms with Crippen LogP contribution >= 0.6 is 0 Å². The molecular formula is C10H14N2. The lowest BCUT2D eigenvalue weighted by Crippen LogP contribution is -2.12. The molecule has 0 unspecified atom stereocenters. The van der Waals surface area contributed by atoms with Crippen molar-refractivity contribution in [2.75, 3.05) is 6.54 Å². The summed E-state index contributed by atoms with van der Waals surface area (Å²) >= 11 is 0. The minimum atomic E-state index is 0.887. The van der Waals surface area contributed by atoms with Gasteiger partial charge in [0, 0.05) is 25.5 Å². The second kappa shape index (κ2) is 5.49. The lowest BCUT2D eigenvalue weighted by Gasteiger charge is -1.99. The van der Waals surface area contributed by atoms with Crippen molar-refractivity contribution in [1.29, 1.82) is 0 Å². The Morgan fingerprint density at radius 3 is 3.17 bits per heavy atom. The van der Waals surface area contributed by atoms with E-state index < -0.39 is 0 Å². The van der Waals surface area contributed by atoms with Gasteiger partial charge in [-0.15, -0.1) is 0 Å². The van der Waals surface area contributed by atoms with Crippen molar-refractivity contribution in [2.24, 2.45) is 0 Å². The summed E-state index contributed by atoms with van der Waals surface area (Å²) in [6.07, 6.45) is 7.80. The van der Waals surface area contributed by atoms with Gasteiger partial charge in [0.1, 0.15) is 0 Å². The number of rotatable bonds is 4. The van der Waals surface area contributed by atoms with Crippen molar-refractivity contribution in [3.05, 3.63) is 42.2 Å². The molecule has 0 radical (unpaired) electrons. The molecule has 1 rings (SSSR count). The molecule has 64 valence electrons. The van der Waals surface area contributed by atoms with E-state index in [9.17, 15) is 0 Å². The number of allylic oxidation sites excluding steroid dienone is 1. The molecule has 0 aliphatic carbocycles. The molecule has 0 aliphatic heterocycles. The van der Waals surface area contributed by atoms with Gasteiger partial charge in [-0.25, -0.2) is 0 Å². The third-order valence-electron chi connectivity index (χ3n) is 1.55. The Bertz CT molecular complexity index is 229. The van der Waals surface area contributed by atoms with Gasteiger partial charge < -0.3 is 5.32 Å². The molecule has 0 saturated heterocycles. The summed E-state index contributed by atoms with van der Waals surface area (Å²) in [5, 5.41) is 3.28. The summed E-state index contributed by atoms with van der Waals surface area (Å²) < 4.78 is 0. The molecule has 0 atom stereocenters. The number of nitrogens with zero attached hydrogens (tertiary/aromatic N) is 1. The monoisotopic (exact) mass is 162 g/mol. The number of hydrogen-bond donors (Lipinski definition) is 1. The third-order valence-corrected chi connectivity index (χ3v) is 1.55. The van der Waals surface area contributed by atoms with Crippen LogP contribution < -0.4 is 5.32 Å². The molecule has 1 N–H and O–H groups in total. The van der Waals surface area contributed by atoms with Crippen LogP contribution in [0, 0.1) is 0 Å². The van der Waals surface area contributed by atoms with E-state index >= 15 is 0 Å². The average Bonchev–Trinajstić information content (AvgIpc) is 2.14. The van der Waals surface area contributed by atoms with Gasteiger partial charge in [-0.1, -0.05) is 18.2 Å². The highest BCUT2D eigenvalue weighted by Crippen LogP contribution is 1.93. The first-order valence-corrected chi connectivity index (χ1v) is 4.14. The number of hydrogen-bond acceptors (Lipinski definition) is 2. The fourth-order valence-electron chi connectivity index (χ4n) is 0.920. The normalized spacial score (nSPS) is 10.8. The van der Waals surface area contributed by atoms with Gasteiger partial charge in [-0.3, -0.25) is 4.98 Å². The highest BCUT2D eigenvalue weighted by molar-refractivity contribution is 5.07. The van der Waals surface area contributed by atoms with E-state index in [0.717, 1.165) is 13.1 Å². The fraction of sp³-hybridized carbons (Fsp3) is 0.300. The van der Waals surface area contributed by atoms with Crippen molar-refractivity contribution in [3.63, 3.8) is 0 Å². The zero-order valence-corrected chi connectivity index (χ0v) is 7.33. The van der Waals surface area contributed by atoms with Crippen molar-refractivity contribution in [3.8, 4) is 0 Å².